The number of nitrogens with zero attached hydrogens (tertiary/aromatic N) is 2. The lowest BCUT2D eigenvalue weighted by Gasteiger charge is -2.07. The molecule has 2 aromatic rings. The molecule has 1 aromatic heterocycles. The maximum absolute atomic E-state index is 5.57. The summed E-state index contributed by atoms with van der Waals surface area (Å²) in [5, 5.41) is 0. The maximum Gasteiger partial charge on any atom is 0.219 e. The Morgan fingerprint density at radius 2 is 2.00 bits per heavy atom. The summed E-state index contributed by atoms with van der Waals surface area (Å²) < 4.78 is 5.57. The van der Waals surface area contributed by atoms with Crippen LogP contribution in [0, 0.1) is 6.92 Å². The van der Waals surface area contributed by atoms with Crippen LogP contribution in [0.25, 0.3) is 0 Å². The van der Waals surface area contributed by atoms with Gasteiger partial charge in [0.2, 0.25) is 5.88 Å². The van der Waals surface area contributed by atoms with Crippen molar-refractivity contribution in [2.45, 2.75) is 13.5 Å². The van der Waals surface area contributed by atoms with E-state index in [1.165, 1.54) is 0 Å². The summed E-state index contributed by atoms with van der Waals surface area (Å²) >= 11 is 0. The van der Waals surface area contributed by atoms with Gasteiger partial charge in [-0.25, -0.2) is 10.8 Å². The molecule has 0 aliphatic heterocycles. The van der Waals surface area contributed by atoms with E-state index in [1.54, 1.807) is 13.0 Å². The second kappa shape index (κ2) is 5.27. The van der Waals surface area contributed by atoms with E-state index >= 15 is 0 Å². The SMILES string of the molecule is Cc1nc(NN)cc(OCc2ccccc2)n1. The number of rotatable bonds is 4. The quantitative estimate of drug-likeness (QED) is 0.617. The lowest BCUT2D eigenvalue weighted by Crippen LogP contribution is -2.10. The molecule has 5 nitrogen and oxygen atoms in total. The molecule has 0 saturated heterocycles. The zero-order valence-corrected chi connectivity index (χ0v) is 9.55. The van der Waals surface area contributed by atoms with Gasteiger partial charge in [0.1, 0.15) is 18.2 Å². The highest BCUT2D eigenvalue weighted by atomic mass is 16.5. The Hall–Kier alpha value is -2.14. The Bertz CT molecular complexity index is 487. The fourth-order valence-corrected chi connectivity index (χ4v) is 1.42. The number of nitrogen functional groups attached to an aromatic ring is 1. The average Bonchev–Trinajstić information content (AvgIpc) is 2.37. The Balaban J connectivity index is 2.06. The van der Waals surface area contributed by atoms with Crippen LogP contribution in [0.4, 0.5) is 5.82 Å². The molecule has 5 heteroatoms. The molecule has 0 aliphatic carbocycles. The molecule has 0 fully saturated rings. The van der Waals surface area contributed by atoms with Crippen LogP contribution in [0.1, 0.15) is 11.4 Å². The van der Waals surface area contributed by atoms with E-state index in [2.05, 4.69) is 15.4 Å². The third kappa shape index (κ3) is 3.15. The highest BCUT2D eigenvalue weighted by Crippen LogP contribution is 2.13. The smallest absolute Gasteiger partial charge is 0.219 e. The average molecular weight is 230 g/mol. The number of aryl methyl sites for hydroxylation is 1. The van der Waals surface area contributed by atoms with Gasteiger partial charge in [-0.2, -0.15) is 4.98 Å². The minimum absolute atomic E-state index is 0.474. The van der Waals surface area contributed by atoms with E-state index in [0.717, 1.165) is 5.56 Å². The first-order chi connectivity index (χ1) is 8.28. The van der Waals surface area contributed by atoms with Gasteiger partial charge in [-0.15, -0.1) is 0 Å². The molecule has 2 rings (SSSR count). The highest BCUT2D eigenvalue weighted by molar-refractivity contribution is 5.36. The van der Waals surface area contributed by atoms with Crippen LogP contribution in [0.15, 0.2) is 36.4 Å². The summed E-state index contributed by atoms with van der Waals surface area (Å²) in [6.07, 6.45) is 0. The molecule has 88 valence electrons. The molecular weight excluding hydrogens is 216 g/mol. The number of anilines is 1. The number of aromatic nitrogens is 2. The van der Waals surface area contributed by atoms with Crippen molar-refractivity contribution in [2.24, 2.45) is 5.84 Å². The topological polar surface area (TPSA) is 73.1 Å². The third-order valence-electron chi connectivity index (χ3n) is 2.19. The van der Waals surface area contributed by atoms with Crippen molar-refractivity contribution in [3.05, 3.63) is 47.8 Å². The second-order valence-corrected chi connectivity index (χ2v) is 3.56. The molecule has 1 aromatic carbocycles. The van der Waals surface area contributed by atoms with Crippen LogP contribution in [0.5, 0.6) is 5.88 Å². The molecule has 0 radical (unpaired) electrons. The summed E-state index contributed by atoms with van der Waals surface area (Å²) in [5.74, 6) is 6.96. The largest absolute Gasteiger partial charge is 0.473 e. The lowest BCUT2D eigenvalue weighted by atomic mass is 10.2. The summed E-state index contributed by atoms with van der Waals surface area (Å²) in [6.45, 7) is 2.26. The third-order valence-corrected chi connectivity index (χ3v) is 2.19. The molecule has 0 unspecified atom stereocenters. The minimum atomic E-state index is 0.474. The van der Waals surface area contributed by atoms with Crippen LogP contribution in [0.2, 0.25) is 0 Å². The fourth-order valence-electron chi connectivity index (χ4n) is 1.42. The van der Waals surface area contributed by atoms with E-state index in [0.29, 0.717) is 24.1 Å². The molecule has 0 bridgehead atoms. The Labute approximate surface area is 99.6 Å². The van der Waals surface area contributed by atoms with Gasteiger partial charge in [0, 0.05) is 6.07 Å². The van der Waals surface area contributed by atoms with E-state index < -0.39 is 0 Å². The van der Waals surface area contributed by atoms with Gasteiger partial charge in [0.05, 0.1) is 0 Å². The van der Waals surface area contributed by atoms with Gasteiger partial charge in [-0.3, -0.25) is 0 Å². The van der Waals surface area contributed by atoms with E-state index in [9.17, 15) is 0 Å². The molecule has 0 saturated carbocycles. The minimum Gasteiger partial charge on any atom is -0.473 e. The number of ether oxygens (including phenoxy) is 1. The summed E-state index contributed by atoms with van der Waals surface area (Å²) in [6, 6.07) is 11.6. The first-order valence-electron chi connectivity index (χ1n) is 5.27. The predicted molar refractivity (Wildman–Crippen MR) is 65.4 cm³/mol. The summed E-state index contributed by atoms with van der Waals surface area (Å²) in [7, 11) is 0. The van der Waals surface area contributed by atoms with Gasteiger partial charge in [0.25, 0.3) is 0 Å². The van der Waals surface area contributed by atoms with Crippen molar-refractivity contribution < 1.29 is 4.74 Å². The molecular formula is C12H14N4O. The Morgan fingerprint density at radius 1 is 1.24 bits per heavy atom. The van der Waals surface area contributed by atoms with Gasteiger partial charge < -0.3 is 10.2 Å². The van der Waals surface area contributed by atoms with E-state index in [-0.39, 0.29) is 0 Å². The number of nitrogens with two attached hydrogens (primary N) is 1. The summed E-state index contributed by atoms with van der Waals surface area (Å²) in [4.78, 5) is 8.25. The Morgan fingerprint density at radius 3 is 2.71 bits per heavy atom. The lowest BCUT2D eigenvalue weighted by molar-refractivity contribution is 0.293. The molecule has 3 N–H and O–H groups in total. The normalized spacial score (nSPS) is 10.0. The maximum atomic E-state index is 5.57. The monoisotopic (exact) mass is 230 g/mol. The summed E-state index contributed by atoms with van der Waals surface area (Å²) in [5.41, 5.74) is 3.56. The van der Waals surface area contributed by atoms with Gasteiger partial charge in [-0.05, 0) is 12.5 Å². The molecule has 17 heavy (non-hydrogen) atoms. The van der Waals surface area contributed by atoms with Gasteiger partial charge in [-0.1, -0.05) is 30.3 Å². The highest BCUT2D eigenvalue weighted by Gasteiger charge is 2.02. The molecule has 0 atom stereocenters. The number of nitrogens with one attached hydrogen (secondary N) is 1. The van der Waals surface area contributed by atoms with Crippen LogP contribution in [-0.2, 0) is 6.61 Å². The number of hydrogen-bond donors (Lipinski definition) is 2. The van der Waals surface area contributed by atoms with Crippen LogP contribution >= 0.6 is 0 Å². The molecule has 0 amide bonds. The van der Waals surface area contributed by atoms with E-state index in [1.807, 2.05) is 30.3 Å². The fraction of sp³-hybridized carbons (Fsp3) is 0.167. The predicted octanol–water partition coefficient (Wildman–Crippen LogP) is 1.65. The van der Waals surface area contributed by atoms with Gasteiger partial charge in [0.15, 0.2) is 0 Å². The molecule has 0 aliphatic rings. The Kier molecular flexibility index (Phi) is 3.52. The number of hydrazine groups is 1. The van der Waals surface area contributed by atoms with Crippen LogP contribution in [0.3, 0.4) is 0 Å². The van der Waals surface area contributed by atoms with Crippen molar-refractivity contribution in [3.63, 3.8) is 0 Å². The van der Waals surface area contributed by atoms with Crippen molar-refractivity contribution in [3.8, 4) is 5.88 Å². The zero-order valence-electron chi connectivity index (χ0n) is 9.55. The van der Waals surface area contributed by atoms with Crippen LogP contribution < -0.4 is 16.0 Å². The van der Waals surface area contributed by atoms with Gasteiger partial charge >= 0.3 is 0 Å². The molecule has 0 spiro atoms. The molecule has 1 heterocycles. The standard InChI is InChI=1S/C12H14N4O/c1-9-14-11(16-13)7-12(15-9)17-8-10-5-3-2-4-6-10/h2-7H,8,13H2,1H3,(H,14,15,16). The number of benzene rings is 1. The van der Waals surface area contributed by atoms with Crippen molar-refractivity contribution in [2.75, 3.05) is 5.43 Å². The zero-order chi connectivity index (χ0) is 12.1. The van der Waals surface area contributed by atoms with Crippen LogP contribution in [-0.4, -0.2) is 9.97 Å². The first kappa shape index (κ1) is 11.3. The first-order valence-corrected chi connectivity index (χ1v) is 5.27. The number of hydrogen-bond acceptors (Lipinski definition) is 5. The van der Waals surface area contributed by atoms with E-state index in [4.69, 9.17) is 10.6 Å². The van der Waals surface area contributed by atoms with Crippen molar-refractivity contribution >= 4 is 5.82 Å². The van der Waals surface area contributed by atoms with Crippen molar-refractivity contribution in [1.82, 2.24) is 9.97 Å². The second-order valence-electron chi connectivity index (χ2n) is 3.56. The van der Waals surface area contributed by atoms with Crippen molar-refractivity contribution in [1.29, 1.82) is 0 Å².